The van der Waals surface area contributed by atoms with Crippen LogP contribution in [0.4, 0.5) is 11.4 Å². The molecule has 5 heteroatoms. The molecule has 0 spiro atoms. The Kier molecular flexibility index (Phi) is 5.12. The second-order valence-electron chi connectivity index (χ2n) is 6.22. The minimum absolute atomic E-state index is 0.164. The Bertz CT molecular complexity index is 768. The van der Waals surface area contributed by atoms with Gasteiger partial charge in [-0.2, -0.15) is 0 Å². The number of ether oxygens (including phenoxy) is 2. The van der Waals surface area contributed by atoms with Crippen LogP contribution in [-0.4, -0.2) is 33.2 Å². The molecule has 1 heterocycles. The molecule has 1 N–H and O–H groups in total. The third-order valence-corrected chi connectivity index (χ3v) is 4.59. The van der Waals surface area contributed by atoms with Crippen molar-refractivity contribution in [3.8, 4) is 11.5 Å². The molecule has 0 radical (unpaired) electrons. The van der Waals surface area contributed by atoms with Gasteiger partial charge in [-0.25, -0.2) is 0 Å². The summed E-state index contributed by atoms with van der Waals surface area (Å²) in [6.07, 6.45) is 2.45. The summed E-state index contributed by atoms with van der Waals surface area (Å²) in [7, 11) is 3.13. The van der Waals surface area contributed by atoms with E-state index in [1.807, 2.05) is 6.92 Å². The van der Waals surface area contributed by atoms with E-state index in [-0.39, 0.29) is 5.91 Å². The normalized spacial score (nSPS) is 13.6. The zero-order valence-electron chi connectivity index (χ0n) is 15.0. The molecule has 0 aliphatic carbocycles. The lowest BCUT2D eigenvalue weighted by Crippen LogP contribution is -2.18. The fourth-order valence-corrected chi connectivity index (χ4v) is 3.09. The molecule has 1 saturated heterocycles. The highest BCUT2D eigenvalue weighted by molar-refractivity contribution is 6.05. The van der Waals surface area contributed by atoms with Crippen LogP contribution in [0.5, 0.6) is 11.5 Å². The van der Waals surface area contributed by atoms with Gasteiger partial charge in [0.15, 0.2) is 11.5 Å². The van der Waals surface area contributed by atoms with E-state index >= 15 is 0 Å². The number of hydrogen-bond donors (Lipinski definition) is 1. The number of rotatable bonds is 5. The van der Waals surface area contributed by atoms with Crippen LogP contribution < -0.4 is 19.7 Å². The van der Waals surface area contributed by atoms with Gasteiger partial charge in [0.2, 0.25) is 0 Å². The van der Waals surface area contributed by atoms with E-state index in [1.165, 1.54) is 12.8 Å². The third-order valence-electron chi connectivity index (χ3n) is 4.59. The molecule has 25 heavy (non-hydrogen) atoms. The monoisotopic (exact) mass is 340 g/mol. The third kappa shape index (κ3) is 3.71. The molecule has 0 unspecified atom stereocenters. The highest BCUT2D eigenvalue weighted by Crippen LogP contribution is 2.29. The number of aryl methyl sites for hydroxylation is 1. The molecule has 1 aliphatic heterocycles. The zero-order chi connectivity index (χ0) is 17.8. The van der Waals surface area contributed by atoms with E-state index in [0.29, 0.717) is 17.1 Å². The topological polar surface area (TPSA) is 50.8 Å². The largest absolute Gasteiger partial charge is 0.493 e. The maximum atomic E-state index is 12.6. The lowest BCUT2D eigenvalue weighted by molar-refractivity contribution is 0.102. The van der Waals surface area contributed by atoms with E-state index < -0.39 is 0 Å². The van der Waals surface area contributed by atoms with Gasteiger partial charge in [0.1, 0.15) is 0 Å². The van der Waals surface area contributed by atoms with Crippen LogP contribution in [0.2, 0.25) is 0 Å². The van der Waals surface area contributed by atoms with Gasteiger partial charge in [-0.05, 0) is 55.7 Å². The van der Waals surface area contributed by atoms with Gasteiger partial charge < -0.3 is 19.7 Å². The number of carbonyl (C=O) groups is 1. The summed E-state index contributed by atoms with van der Waals surface area (Å²) in [6.45, 7) is 4.15. The van der Waals surface area contributed by atoms with Crippen LogP contribution in [0.25, 0.3) is 0 Å². The zero-order valence-corrected chi connectivity index (χ0v) is 15.0. The highest BCUT2D eigenvalue weighted by atomic mass is 16.5. The van der Waals surface area contributed by atoms with E-state index in [9.17, 15) is 4.79 Å². The average molecular weight is 340 g/mol. The fraction of sp³-hybridized carbons (Fsp3) is 0.350. The SMILES string of the molecule is COc1ccc(C(=O)Nc2cc(N3CCCC3)ccc2C)cc1OC. The van der Waals surface area contributed by atoms with E-state index in [4.69, 9.17) is 9.47 Å². The van der Waals surface area contributed by atoms with Crippen LogP contribution in [0.1, 0.15) is 28.8 Å². The number of benzene rings is 2. The molecule has 0 atom stereocenters. The van der Waals surface area contributed by atoms with Crippen LogP contribution in [0.15, 0.2) is 36.4 Å². The second-order valence-corrected chi connectivity index (χ2v) is 6.22. The lowest BCUT2D eigenvalue weighted by atomic mass is 10.1. The predicted molar refractivity (Wildman–Crippen MR) is 100 cm³/mol. The first-order chi connectivity index (χ1) is 12.1. The van der Waals surface area contributed by atoms with Gasteiger partial charge >= 0.3 is 0 Å². The molecule has 0 aromatic heterocycles. The molecule has 132 valence electrons. The Hall–Kier alpha value is -2.69. The van der Waals surface area contributed by atoms with Gasteiger partial charge in [-0.1, -0.05) is 6.07 Å². The molecule has 1 fully saturated rings. The highest BCUT2D eigenvalue weighted by Gasteiger charge is 2.15. The lowest BCUT2D eigenvalue weighted by Gasteiger charge is -2.19. The molecule has 0 saturated carbocycles. The number of methoxy groups -OCH3 is 2. The van der Waals surface area contributed by atoms with Crippen molar-refractivity contribution in [2.45, 2.75) is 19.8 Å². The van der Waals surface area contributed by atoms with Crippen molar-refractivity contribution < 1.29 is 14.3 Å². The van der Waals surface area contributed by atoms with Gasteiger partial charge in [-0.15, -0.1) is 0 Å². The minimum atomic E-state index is -0.164. The predicted octanol–water partition coefficient (Wildman–Crippen LogP) is 3.86. The molecular weight excluding hydrogens is 316 g/mol. The molecule has 0 bridgehead atoms. The number of hydrogen-bond acceptors (Lipinski definition) is 4. The first-order valence-electron chi connectivity index (χ1n) is 8.51. The first kappa shape index (κ1) is 17.1. The molecule has 3 rings (SSSR count). The van der Waals surface area contributed by atoms with Crippen LogP contribution in [0.3, 0.4) is 0 Å². The van der Waals surface area contributed by atoms with Crippen LogP contribution in [-0.2, 0) is 0 Å². The van der Waals surface area contributed by atoms with Crippen molar-refractivity contribution in [2.24, 2.45) is 0 Å². The molecule has 5 nitrogen and oxygen atoms in total. The minimum Gasteiger partial charge on any atom is -0.493 e. The van der Waals surface area contributed by atoms with Crippen molar-refractivity contribution in [3.05, 3.63) is 47.5 Å². The van der Waals surface area contributed by atoms with Crippen LogP contribution in [0, 0.1) is 6.92 Å². The summed E-state index contributed by atoms with van der Waals surface area (Å²) in [5, 5.41) is 3.02. The Labute approximate surface area is 148 Å². The molecule has 1 amide bonds. The number of nitrogens with one attached hydrogen (secondary N) is 1. The molecule has 1 aliphatic rings. The van der Waals surface area contributed by atoms with Crippen molar-refractivity contribution in [1.29, 1.82) is 0 Å². The molecule has 2 aromatic rings. The van der Waals surface area contributed by atoms with Crippen molar-refractivity contribution in [3.63, 3.8) is 0 Å². The Morgan fingerprint density at radius 2 is 1.72 bits per heavy atom. The number of nitrogens with zero attached hydrogens (tertiary/aromatic N) is 1. The fourth-order valence-electron chi connectivity index (χ4n) is 3.09. The summed E-state index contributed by atoms with van der Waals surface area (Å²) >= 11 is 0. The van der Waals surface area contributed by atoms with Crippen molar-refractivity contribution in [1.82, 2.24) is 0 Å². The number of anilines is 2. The van der Waals surface area contributed by atoms with E-state index in [0.717, 1.165) is 30.0 Å². The summed E-state index contributed by atoms with van der Waals surface area (Å²) in [6, 6.07) is 11.4. The second kappa shape index (κ2) is 7.47. The Balaban J connectivity index is 1.81. The maximum absolute atomic E-state index is 12.6. The summed E-state index contributed by atoms with van der Waals surface area (Å²) < 4.78 is 10.5. The summed E-state index contributed by atoms with van der Waals surface area (Å²) in [5.74, 6) is 0.978. The number of carbonyl (C=O) groups excluding carboxylic acids is 1. The summed E-state index contributed by atoms with van der Waals surface area (Å²) in [5.41, 5.74) is 3.57. The van der Waals surface area contributed by atoms with Crippen LogP contribution >= 0.6 is 0 Å². The number of amides is 1. The van der Waals surface area contributed by atoms with Gasteiger partial charge in [0.25, 0.3) is 5.91 Å². The van der Waals surface area contributed by atoms with Gasteiger partial charge in [0, 0.05) is 30.0 Å². The van der Waals surface area contributed by atoms with E-state index in [1.54, 1.807) is 32.4 Å². The maximum Gasteiger partial charge on any atom is 0.255 e. The summed E-state index contributed by atoms with van der Waals surface area (Å²) in [4.78, 5) is 15.0. The standard InChI is InChI=1S/C20H24N2O3/c1-14-6-8-16(22-10-4-5-11-22)13-17(14)21-20(23)15-7-9-18(24-2)19(12-15)25-3/h6-9,12-13H,4-5,10-11H2,1-3H3,(H,21,23). The Morgan fingerprint density at radius 3 is 2.40 bits per heavy atom. The molecular formula is C20H24N2O3. The van der Waals surface area contributed by atoms with E-state index in [2.05, 4.69) is 28.4 Å². The first-order valence-corrected chi connectivity index (χ1v) is 8.51. The van der Waals surface area contributed by atoms with Crippen molar-refractivity contribution >= 4 is 17.3 Å². The molecule has 2 aromatic carbocycles. The van der Waals surface area contributed by atoms with Gasteiger partial charge in [-0.3, -0.25) is 4.79 Å². The average Bonchev–Trinajstić information content (AvgIpc) is 3.17. The smallest absolute Gasteiger partial charge is 0.255 e. The van der Waals surface area contributed by atoms with Gasteiger partial charge in [0.05, 0.1) is 14.2 Å². The Morgan fingerprint density at radius 1 is 1.00 bits per heavy atom. The quantitative estimate of drug-likeness (QED) is 0.898. The van der Waals surface area contributed by atoms with Crippen molar-refractivity contribution in [2.75, 3.05) is 37.5 Å².